The zero-order valence-electron chi connectivity index (χ0n) is 9.64. The summed E-state index contributed by atoms with van der Waals surface area (Å²) >= 11 is 0. The number of carbonyl (C=O) groups excluding carboxylic acids is 2. The van der Waals surface area contributed by atoms with Crippen molar-refractivity contribution in [3.05, 3.63) is 23.8 Å². The van der Waals surface area contributed by atoms with Crippen LogP contribution in [0, 0.1) is 0 Å². The lowest BCUT2D eigenvalue weighted by atomic mass is 10.1. The lowest BCUT2D eigenvalue weighted by Gasteiger charge is -2.23. The van der Waals surface area contributed by atoms with E-state index in [1.807, 2.05) is 6.92 Å². The van der Waals surface area contributed by atoms with Crippen LogP contribution < -0.4 is 22.1 Å². The van der Waals surface area contributed by atoms with Crippen LogP contribution in [-0.2, 0) is 4.79 Å². The van der Waals surface area contributed by atoms with E-state index in [2.05, 4.69) is 0 Å². The second-order valence-corrected chi connectivity index (χ2v) is 3.62. The van der Waals surface area contributed by atoms with Crippen LogP contribution in [0.1, 0.15) is 17.3 Å². The van der Waals surface area contributed by atoms with Crippen LogP contribution in [0.15, 0.2) is 18.2 Å². The number of nitrogen functional groups attached to an aromatic ring is 1. The van der Waals surface area contributed by atoms with Crippen molar-refractivity contribution in [2.45, 2.75) is 6.92 Å². The number of amides is 2. The minimum absolute atomic E-state index is 0.0141. The van der Waals surface area contributed by atoms with Crippen molar-refractivity contribution in [3.63, 3.8) is 0 Å². The minimum Gasteiger partial charge on any atom is -0.399 e. The first-order chi connectivity index (χ1) is 7.95. The highest BCUT2D eigenvalue weighted by molar-refractivity contribution is 6.00. The van der Waals surface area contributed by atoms with Gasteiger partial charge in [-0.25, -0.2) is 0 Å². The van der Waals surface area contributed by atoms with E-state index in [0.717, 1.165) is 0 Å². The Balaban J connectivity index is 3.20. The number of hydrogen-bond donors (Lipinski definition) is 3. The molecule has 92 valence electrons. The van der Waals surface area contributed by atoms with Crippen molar-refractivity contribution in [2.24, 2.45) is 11.5 Å². The highest BCUT2D eigenvalue weighted by Gasteiger charge is 2.15. The molecule has 1 aromatic carbocycles. The van der Waals surface area contributed by atoms with E-state index in [4.69, 9.17) is 17.2 Å². The van der Waals surface area contributed by atoms with E-state index < -0.39 is 11.8 Å². The van der Waals surface area contributed by atoms with Gasteiger partial charge in [0.1, 0.15) is 0 Å². The third-order valence-electron chi connectivity index (χ3n) is 2.36. The van der Waals surface area contributed by atoms with Crippen LogP contribution in [0.2, 0.25) is 0 Å². The van der Waals surface area contributed by atoms with Gasteiger partial charge < -0.3 is 22.1 Å². The second-order valence-electron chi connectivity index (χ2n) is 3.62. The molecule has 17 heavy (non-hydrogen) atoms. The molecule has 0 unspecified atom stereocenters. The first-order valence-corrected chi connectivity index (χ1v) is 5.18. The van der Waals surface area contributed by atoms with E-state index >= 15 is 0 Å². The average Bonchev–Trinajstić information content (AvgIpc) is 2.25. The second kappa shape index (κ2) is 5.20. The molecule has 2 amide bonds. The molecular weight excluding hydrogens is 220 g/mol. The molecule has 0 saturated heterocycles. The Bertz CT molecular complexity index is 445. The van der Waals surface area contributed by atoms with Gasteiger partial charge in [0.05, 0.1) is 17.8 Å². The van der Waals surface area contributed by atoms with Crippen LogP contribution in [0.3, 0.4) is 0 Å². The quantitative estimate of drug-likeness (QED) is 0.607. The number of likely N-dealkylation sites (N-methyl/N-ethyl adjacent to an activating group) is 1. The van der Waals surface area contributed by atoms with Gasteiger partial charge in [-0.15, -0.1) is 0 Å². The molecule has 0 saturated carbocycles. The zero-order chi connectivity index (χ0) is 13.0. The summed E-state index contributed by atoms with van der Waals surface area (Å²) < 4.78 is 0. The Hall–Kier alpha value is -2.24. The molecular formula is C11H16N4O2. The number of benzene rings is 1. The summed E-state index contributed by atoms with van der Waals surface area (Å²) in [6, 6.07) is 4.73. The van der Waals surface area contributed by atoms with E-state index in [0.29, 0.717) is 23.5 Å². The van der Waals surface area contributed by atoms with Crippen molar-refractivity contribution >= 4 is 23.2 Å². The topological polar surface area (TPSA) is 115 Å². The van der Waals surface area contributed by atoms with Crippen LogP contribution in [-0.4, -0.2) is 24.9 Å². The van der Waals surface area contributed by atoms with Crippen LogP contribution in [0.5, 0.6) is 0 Å². The predicted molar refractivity (Wildman–Crippen MR) is 66.5 cm³/mol. The van der Waals surface area contributed by atoms with Gasteiger partial charge in [0.25, 0.3) is 5.91 Å². The fraction of sp³-hybridized carbons (Fsp3) is 0.273. The van der Waals surface area contributed by atoms with Gasteiger partial charge in [-0.2, -0.15) is 0 Å². The largest absolute Gasteiger partial charge is 0.399 e. The smallest absolute Gasteiger partial charge is 0.250 e. The van der Waals surface area contributed by atoms with Crippen LogP contribution in [0.25, 0.3) is 0 Å². The van der Waals surface area contributed by atoms with Gasteiger partial charge >= 0.3 is 0 Å². The molecule has 6 nitrogen and oxygen atoms in total. The van der Waals surface area contributed by atoms with Crippen molar-refractivity contribution in [2.75, 3.05) is 23.7 Å². The maximum absolute atomic E-state index is 11.3. The lowest BCUT2D eigenvalue weighted by Crippen LogP contribution is -2.35. The molecule has 6 heteroatoms. The molecule has 0 aromatic heterocycles. The average molecular weight is 236 g/mol. The highest BCUT2D eigenvalue weighted by Crippen LogP contribution is 2.23. The summed E-state index contributed by atoms with van der Waals surface area (Å²) in [7, 11) is 0. The Morgan fingerprint density at radius 2 is 1.94 bits per heavy atom. The number of hydrogen-bond acceptors (Lipinski definition) is 4. The van der Waals surface area contributed by atoms with Crippen LogP contribution in [0.4, 0.5) is 11.4 Å². The van der Waals surface area contributed by atoms with Crippen molar-refractivity contribution in [3.8, 4) is 0 Å². The van der Waals surface area contributed by atoms with Gasteiger partial charge in [-0.1, -0.05) is 0 Å². The summed E-state index contributed by atoms with van der Waals surface area (Å²) in [5, 5.41) is 0. The van der Waals surface area contributed by atoms with Gasteiger partial charge in [-0.3, -0.25) is 9.59 Å². The Morgan fingerprint density at radius 1 is 1.29 bits per heavy atom. The molecule has 0 fully saturated rings. The van der Waals surface area contributed by atoms with Gasteiger partial charge in [0, 0.05) is 12.2 Å². The van der Waals surface area contributed by atoms with Crippen molar-refractivity contribution < 1.29 is 9.59 Å². The number of primary amides is 2. The van der Waals surface area contributed by atoms with Gasteiger partial charge in [-0.05, 0) is 25.1 Å². The molecule has 6 N–H and O–H groups in total. The van der Waals surface area contributed by atoms with E-state index in [1.165, 1.54) is 6.07 Å². The molecule has 0 aliphatic carbocycles. The molecule has 0 bridgehead atoms. The molecule has 0 aliphatic rings. The monoisotopic (exact) mass is 236 g/mol. The predicted octanol–water partition coefficient (Wildman–Crippen LogP) is -0.321. The molecule has 0 radical (unpaired) electrons. The third kappa shape index (κ3) is 3.10. The molecule has 0 aliphatic heterocycles. The number of rotatable bonds is 5. The fourth-order valence-corrected chi connectivity index (χ4v) is 1.57. The zero-order valence-corrected chi connectivity index (χ0v) is 9.64. The first kappa shape index (κ1) is 12.8. The summed E-state index contributed by atoms with van der Waals surface area (Å²) in [5.74, 6) is -1.05. The van der Waals surface area contributed by atoms with E-state index in [-0.39, 0.29) is 6.54 Å². The Kier molecular flexibility index (Phi) is 3.92. The SMILES string of the molecule is CCN(CC(N)=O)c1cc(N)ccc1C(N)=O. The Morgan fingerprint density at radius 3 is 2.41 bits per heavy atom. The maximum Gasteiger partial charge on any atom is 0.250 e. The summed E-state index contributed by atoms with van der Waals surface area (Å²) in [6.07, 6.45) is 0. The summed E-state index contributed by atoms with van der Waals surface area (Å²) in [6.45, 7) is 2.38. The molecule has 1 rings (SSSR count). The van der Waals surface area contributed by atoms with Crippen molar-refractivity contribution in [1.29, 1.82) is 0 Å². The van der Waals surface area contributed by atoms with E-state index in [9.17, 15) is 9.59 Å². The molecule has 1 aromatic rings. The normalized spacial score (nSPS) is 9.94. The molecule has 0 heterocycles. The summed E-state index contributed by atoms with van der Waals surface area (Å²) in [4.78, 5) is 23.9. The molecule has 0 spiro atoms. The van der Waals surface area contributed by atoms with E-state index in [1.54, 1.807) is 17.0 Å². The number of nitrogens with two attached hydrogens (primary N) is 3. The number of anilines is 2. The Labute approximate surface area is 99.4 Å². The first-order valence-electron chi connectivity index (χ1n) is 5.18. The minimum atomic E-state index is -0.567. The number of carbonyl (C=O) groups is 2. The van der Waals surface area contributed by atoms with Crippen molar-refractivity contribution in [1.82, 2.24) is 0 Å². The lowest BCUT2D eigenvalue weighted by molar-refractivity contribution is -0.116. The van der Waals surface area contributed by atoms with Gasteiger partial charge in [0.15, 0.2) is 0 Å². The molecule has 0 atom stereocenters. The van der Waals surface area contributed by atoms with Crippen LogP contribution >= 0.6 is 0 Å². The van der Waals surface area contributed by atoms with Gasteiger partial charge in [0.2, 0.25) is 5.91 Å². The standard InChI is InChI=1S/C11H16N4O2/c1-2-15(6-10(13)16)9-5-7(12)3-4-8(9)11(14)17/h3-5H,2,6,12H2,1H3,(H2,13,16)(H2,14,17). The number of nitrogens with zero attached hydrogens (tertiary/aromatic N) is 1. The summed E-state index contributed by atoms with van der Waals surface area (Å²) in [5.41, 5.74) is 17.4. The highest BCUT2D eigenvalue weighted by atomic mass is 16.1. The third-order valence-corrected chi connectivity index (χ3v) is 2.36. The fourth-order valence-electron chi connectivity index (χ4n) is 1.57. The maximum atomic E-state index is 11.3.